The monoisotopic (exact) mass is 416 g/mol. The zero-order valence-corrected chi connectivity index (χ0v) is 17.6. The highest BCUT2D eigenvalue weighted by atomic mass is 32.1. The number of piperidine rings is 1. The van der Waals surface area contributed by atoms with E-state index in [9.17, 15) is 4.79 Å². The number of likely N-dealkylation sites (tertiary alicyclic amines) is 1. The molecule has 0 bridgehead atoms. The van der Waals surface area contributed by atoms with Crippen molar-refractivity contribution in [3.05, 3.63) is 29.2 Å². The molecule has 29 heavy (non-hydrogen) atoms. The van der Waals surface area contributed by atoms with Crippen LogP contribution in [-0.2, 0) is 16.0 Å². The van der Waals surface area contributed by atoms with Gasteiger partial charge in [-0.3, -0.25) is 4.79 Å². The van der Waals surface area contributed by atoms with Crippen LogP contribution in [0.5, 0.6) is 0 Å². The molecule has 2 aromatic rings. The molecule has 0 radical (unpaired) electrons. The Morgan fingerprint density at radius 3 is 3.00 bits per heavy atom. The van der Waals surface area contributed by atoms with Gasteiger partial charge in [-0.25, -0.2) is 15.0 Å². The minimum absolute atomic E-state index is 0.0960. The maximum atomic E-state index is 12.6. The summed E-state index contributed by atoms with van der Waals surface area (Å²) in [6.07, 6.45) is 7.28. The van der Waals surface area contributed by atoms with E-state index in [-0.39, 0.29) is 17.9 Å². The van der Waals surface area contributed by atoms with Crippen LogP contribution >= 0.6 is 11.3 Å². The Morgan fingerprint density at radius 1 is 1.38 bits per heavy atom. The van der Waals surface area contributed by atoms with Gasteiger partial charge in [-0.1, -0.05) is 13.3 Å². The van der Waals surface area contributed by atoms with Crippen LogP contribution in [0.4, 0.5) is 10.9 Å². The van der Waals surface area contributed by atoms with Gasteiger partial charge in [-0.05, 0) is 25.3 Å². The van der Waals surface area contributed by atoms with Crippen LogP contribution in [0.15, 0.2) is 18.5 Å². The molecule has 0 aliphatic carbocycles. The van der Waals surface area contributed by atoms with Gasteiger partial charge < -0.3 is 20.3 Å². The molecule has 2 aromatic heterocycles. The van der Waals surface area contributed by atoms with Crippen molar-refractivity contribution in [2.24, 2.45) is 0 Å². The lowest BCUT2D eigenvalue weighted by Gasteiger charge is -2.34. The van der Waals surface area contributed by atoms with E-state index in [1.807, 2.05) is 17.2 Å². The van der Waals surface area contributed by atoms with Crippen molar-refractivity contribution in [2.45, 2.75) is 44.6 Å². The van der Waals surface area contributed by atoms with Gasteiger partial charge in [-0.15, -0.1) is 11.3 Å². The first-order valence-electron chi connectivity index (χ1n) is 10.4. The second-order valence-electron chi connectivity index (χ2n) is 7.47. The first kappa shape index (κ1) is 20.2. The molecule has 2 saturated heterocycles. The first-order chi connectivity index (χ1) is 14.2. The molecule has 0 saturated carbocycles. The number of carbonyl (C=O) groups is 1. The van der Waals surface area contributed by atoms with Crippen LogP contribution in [0.1, 0.15) is 42.8 Å². The molecule has 0 aromatic carbocycles. The number of rotatable bonds is 6. The third kappa shape index (κ3) is 5.09. The minimum atomic E-state index is -0.347. The van der Waals surface area contributed by atoms with E-state index in [2.05, 4.69) is 27.5 Å². The van der Waals surface area contributed by atoms with Crippen LogP contribution < -0.4 is 10.6 Å². The summed E-state index contributed by atoms with van der Waals surface area (Å²) in [5.74, 6) is 1.97. The van der Waals surface area contributed by atoms with E-state index in [1.165, 1.54) is 4.88 Å². The van der Waals surface area contributed by atoms with Gasteiger partial charge in [0.25, 0.3) is 5.91 Å². The van der Waals surface area contributed by atoms with E-state index in [1.54, 1.807) is 17.5 Å². The standard InChI is InChI=1S/C20H28N6O2S/c1-2-3-15-12-23-20(29-15)25-17-4-7-22-18(24-17)14-5-9-26(10-6-14)19(27)16-13-21-8-11-28-16/h4,7,12,14,16,21H,2-3,5-6,8-11,13H2,1H3,(H,22,23,24,25)/t16-/m1/s1. The maximum Gasteiger partial charge on any atom is 0.253 e. The van der Waals surface area contributed by atoms with Gasteiger partial charge in [0.05, 0.1) is 6.61 Å². The second-order valence-corrected chi connectivity index (χ2v) is 8.59. The summed E-state index contributed by atoms with van der Waals surface area (Å²) >= 11 is 1.67. The Bertz CT molecular complexity index is 815. The number of hydrogen-bond acceptors (Lipinski definition) is 8. The lowest BCUT2D eigenvalue weighted by Crippen LogP contribution is -2.51. The molecular weight excluding hydrogens is 388 g/mol. The molecule has 8 nitrogen and oxygen atoms in total. The minimum Gasteiger partial charge on any atom is -0.366 e. The lowest BCUT2D eigenvalue weighted by atomic mass is 9.95. The lowest BCUT2D eigenvalue weighted by molar-refractivity contribution is -0.146. The molecule has 0 unspecified atom stereocenters. The first-order valence-corrected chi connectivity index (χ1v) is 11.2. The molecule has 2 fully saturated rings. The molecule has 2 aliphatic heterocycles. The van der Waals surface area contributed by atoms with Crippen LogP contribution in [0.25, 0.3) is 0 Å². The summed E-state index contributed by atoms with van der Waals surface area (Å²) in [4.78, 5) is 29.4. The molecule has 1 atom stereocenters. The normalized spacial score (nSPS) is 20.6. The average Bonchev–Trinajstić information content (AvgIpc) is 3.21. The van der Waals surface area contributed by atoms with Gasteiger partial charge in [0.2, 0.25) is 0 Å². The van der Waals surface area contributed by atoms with Crippen molar-refractivity contribution in [2.75, 3.05) is 38.1 Å². The highest BCUT2D eigenvalue weighted by Crippen LogP contribution is 2.28. The number of morpholine rings is 1. The second kappa shape index (κ2) is 9.60. The highest BCUT2D eigenvalue weighted by Gasteiger charge is 2.31. The average molecular weight is 417 g/mol. The number of anilines is 2. The Morgan fingerprint density at radius 2 is 2.24 bits per heavy atom. The fourth-order valence-electron chi connectivity index (χ4n) is 3.76. The number of carbonyl (C=O) groups excluding carboxylic acids is 1. The molecule has 9 heteroatoms. The maximum absolute atomic E-state index is 12.6. The SMILES string of the molecule is CCCc1cnc(Nc2ccnc(C3CCN(C(=O)[C@H]4CNCCO4)CC3)n2)s1. The van der Waals surface area contributed by atoms with Crippen molar-refractivity contribution in [1.82, 2.24) is 25.2 Å². The Labute approximate surface area is 175 Å². The molecular formula is C20H28N6O2S. The fraction of sp³-hybridized carbons (Fsp3) is 0.600. The predicted molar refractivity (Wildman–Crippen MR) is 113 cm³/mol. The van der Waals surface area contributed by atoms with Crippen molar-refractivity contribution >= 4 is 28.2 Å². The Kier molecular flexibility index (Phi) is 6.68. The summed E-state index contributed by atoms with van der Waals surface area (Å²) in [5.41, 5.74) is 0. The molecule has 2 aliphatic rings. The Balaban J connectivity index is 1.33. The molecule has 2 N–H and O–H groups in total. The summed E-state index contributed by atoms with van der Waals surface area (Å²) in [5, 5.41) is 7.38. The largest absolute Gasteiger partial charge is 0.366 e. The predicted octanol–water partition coefficient (Wildman–Crippen LogP) is 2.32. The van der Waals surface area contributed by atoms with Gasteiger partial charge in [-0.2, -0.15) is 0 Å². The number of aromatic nitrogens is 3. The van der Waals surface area contributed by atoms with Crippen molar-refractivity contribution in [3.63, 3.8) is 0 Å². The third-order valence-electron chi connectivity index (χ3n) is 5.33. The summed E-state index contributed by atoms with van der Waals surface area (Å²) < 4.78 is 5.60. The van der Waals surface area contributed by atoms with Gasteiger partial charge >= 0.3 is 0 Å². The number of nitrogens with one attached hydrogen (secondary N) is 2. The molecule has 156 valence electrons. The number of hydrogen-bond donors (Lipinski definition) is 2. The van der Waals surface area contributed by atoms with Crippen molar-refractivity contribution < 1.29 is 9.53 Å². The van der Waals surface area contributed by atoms with E-state index < -0.39 is 0 Å². The molecule has 0 spiro atoms. The zero-order valence-electron chi connectivity index (χ0n) is 16.8. The zero-order chi connectivity index (χ0) is 20.1. The van der Waals surface area contributed by atoms with Gasteiger partial charge in [0, 0.05) is 49.4 Å². The molecule has 4 rings (SSSR count). The fourth-order valence-corrected chi connectivity index (χ4v) is 4.68. The van der Waals surface area contributed by atoms with Crippen molar-refractivity contribution in [3.8, 4) is 0 Å². The van der Waals surface area contributed by atoms with Crippen LogP contribution in [0.2, 0.25) is 0 Å². The molecule has 4 heterocycles. The molecule has 1 amide bonds. The van der Waals surface area contributed by atoms with E-state index >= 15 is 0 Å². The van der Waals surface area contributed by atoms with E-state index in [0.717, 1.165) is 62.1 Å². The Hall–Kier alpha value is -2.10. The number of nitrogens with zero attached hydrogens (tertiary/aromatic N) is 4. The summed E-state index contributed by atoms with van der Waals surface area (Å²) in [6, 6.07) is 1.87. The number of aryl methyl sites for hydroxylation is 1. The van der Waals surface area contributed by atoms with Crippen LogP contribution in [0, 0.1) is 0 Å². The smallest absolute Gasteiger partial charge is 0.253 e. The van der Waals surface area contributed by atoms with Gasteiger partial charge in [0.15, 0.2) is 5.13 Å². The number of ether oxygens (including phenoxy) is 1. The summed E-state index contributed by atoms with van der Waals surface area (Å²) in [6.45, 7) is 5.62. The topological polar surface area (TPSA) is 92.3 Å². The van der Waals surface area contributed by atoms with Crippen molar-refractivity contribution in [1.29, 1.82) is 0 Å². The van der Waals surface area contributed by atoms with Gasteiger partial charge in [0.1, 0.15) is 17.7 Å². The third-order valence-corrected chi connectivity index (χ3v) is 6.31. The van der Waals surface area contributed by atoms with E-state index in [0.29, 0.717) is 13.2 Å². The number of amides is 1. The van der Waals surface area contributed by atoms with Crippen LogP contribution in [-0.4, -0.2) is 64.6 Å². The van der Waals surface area contributed by atoms with Crippen LogP contribution in [0.3, 0.4) is 0 Å². The quantitative estimate of drug-likeness (QED) is 0.747. The highest BCUT2D eigenvalue weighted by molar-refractivity contribution is 7.15. The number of thiazole rings is 1. The van der Waals surface area contributed by atoms with E-state index in [4.69, 9.17) is 9.72 Å². The summed E-state index contributed by atoms with van der Waals surface area (Å²) in [7, 11) is 0.